The van der Waals surface area contributed by atoms with E-state index < -0.39 is 6.04 Å². The molecule has 1 atom stereocenters. The minimum Gasteiger partial charge on any atom is -0.466 e. The molecule has 0 spiro atoms. The Morgan fingerprint density at radius 3 is 2.63 bits per heavy atom. The van der Waals surface area contributed by atoms with Crippen molar-refractivity contribution in [2.75, 3.05) is 19.7 Å². The number of hydrogen-bond donors (Lipinski definition) is 1. The van der Waals surface area contributed by atoms with Crippen LogP contribution in [0.2, 0.25) is 0 Å². The van der Waals surface area contributed by atoms with Gasteiger partial charge in [-0.15, -0.1) is 5.10 Å². The summed E-state index contributed by atoms with van der Waals surface area (Å²) in [6.07, 6.45) is 2.08. The number of likely N-dealkylation sites (tertiary alicyclic amines) is 1. The van der Waals surface area contributed by atoms with E-state index in [1.165, 1.54) is 5.56 Å². The Kier molecular flexibility index (Phi) is 7.64. The SMILES string of the molecule is CCOC(=O)C1CCN([C@H](c2cc3c(C)cc(C)cc3[nH]c2=O)c2nnnn2CCc2ccccc2)CC1. The van der Waals surface area contributed by atoms with E-state index >= 15 is 0 Å². The van der Waals surface area contributed by atoms with Gasteiger partial charge in [0.15, 0.2) is 5.82 Å². The lowest BCUT2D eigenvalue weighted by Crippen LogP contribution is -2.42. The lowest BCUT2D eigenvalue weighted by Gasteiger charge is -2.36. The number of ether oxygens (including phenoxy) is 1. The van der Waals surface area contributed by atoms with Crippen molar-refractivity contribution in [2.24, 2.45) is 5.92 Å². The summed E-state index contributed by atoms with van der Waals surface area (Å²) in [4.78, 5) is 31.3. The molecule has 3 heterocycles. The summed E-state index contributed by atoms with van der Waals surface area (Å²) in [6, 6.07) is 15.9. The average Bonchev–Trinajstić information content (AvgIpc) is 3.37. The molecule has 2 aromatic heterocycles. The quantitative estimate of drug-likeness (QED) is 0.357. The number of hydrogen-bond acceptors (Lipinski definition) is 7. The molecule has 2 aromatic carbocycles. The monoisotopic (exact) mass is 514 g/mol. The van der Waals surface area contributed by atoms with E-state index in [-0.39, 0.29) is 17.4 Å². The number of aryl methyl sites for hydroxylation is 4. The lowest BCUT2D eigenvalue weighted by atomic mass is 9.93. The molecule has 5 rings (SSSR count). The maximum absolute atomic E-state index is 13.5. The number of tetrazole rings is 1. The van der Waals surface area contributed by atoms with E-state index in [0.29, 0.717) is 50.5 Å². The Bertz CT molecular complexity index is 1470. The molecule has 4 aromatic rings. The van der Waals surface area contributed by atoms with Gasteiger partial charge in [-0.2, -0.15) is 0 Å². The number of H-pyrrole nitrogens is 1. The number of aromatic nitrogens is 5. The van der Waals surface area contributed by atoms with Gasteiger partial charge in [-0.1, -0.05) is 36.4 Å². The molecule has 1 aliphatic heterocycles. The van der Waals surface area contributed by atoms with Crippen molar-refractivity contribution in [3.05, 3.63) is 87.0 Å². The van der Waals surface area contributed by atoms with E-state index in [0.717, 1.165) is 28.5 Å². The number of nitrogens with zero attached hydrogens (tertiary/aromatic N) is 5. The van der Waals surface area contributed by atoms with Crippen LogP contribution in [0.3, 0.4) is 0 Å². The molecular formula is C29H34N6O3. The molecule has 1 saturated heterocycles. The number of fused-ring (bicyclic) bond motifs is 1. The molecule has 1 fully saturated rings. The minimum absolute atomic E-state index is 0.138. The molecule has 0 radical (unpaired) electrons. The molecule has 0 saturated carbocycles. The van der Waals surface area contributed by atoms with E-state index in [4.69, 9.17) is 4.74 Å². The number of pyridine rings is 1. The van der Waals surface area contributed by atoms with Crippen LogP contribution in [0.5, 0.6) is 0 Å². The summed E-state index contributed by atoms with van der Waals surface area (Å²) in [6.45, 7) is 8.13. The number of aromatic amines is 1. The maximum atomic E-state index is 13.5. The lowest BCUT2D eigenvalue weighted by molar-refractivity contribution is -0.149. The molecule has 0 aliphatic carbocycles. The van der Waals surface area contributed by atoms with Crippen LogP contribution in [0.1, 0.15) is 53.9 Å². The van der Waals surface area contributed by atoms with Crippen LogP contribution in [0.25, 0.3) is 10.9 Å². The number of carbonyl (C=O) groups excluding carboxylic acids is 1. The summed E-state index contributed by atoms with van der Waals surface area (Å²) in [5.41, 5.74) is 4.66. The fraction of sp³-hybridized carbons (Fsp3) is 0.414. The van der Waals surface area contributed by atoms with Crippen LogP contribution in [-0.2, 0) is 22.5 Å². The zero-order chi connectivity index (χ0) is 26.6. The van der Waals surface area contributed by atoms with Crippen LogP contribution >= 0.6 is 0 Å². The highest BCUT2D eigenvalue weighted by Gasteiger charge is 2.35. The summed E-state index contributed by atoms with van der Waals surface area (Å²) < 4.78 is 7.07. The fourth-order valence-electron chi connectivity index (χ4n) is 5.49. The van der Waals surface area contributed by atoms with E-state index in [9.17, 15) is 9.59 Å². The Labute approximate surface area is 221 Å². The molecule has 0 amide bonds. The van der Waals surface area contributed by atoms with Crippen molar-refractivity contribution in [1.82, 2.24) is 30.1 Å². The highest BCUT2D eigenvalue weighted by atomic mass is 16.5. The summed E-state index contributed by atoms with van der Waals surface area (Å²) >= 11 is 0. The van der Waals surface area contributed by atoms with E-state index in [2.05, 4.69) is 50.5 Å². The number of piperidine rings is 1. The molecule has 0 bridgehead atoms. The Morgan fingerprint density at radius 1 is 1.13 bits per heavy atom. The standard InChI is InChI=1S/C29H34N6O3/c1-4-38-29(37)22-11-13-34(14-12-22)26(24-18-23-20(3)16-19(2)17-25(23)30-28(24)36)27-31-32-33-35(27)15-10-21-8-6-5-7-9-21/h5-9,16-18,22,26H,4,10-15H2,1-3H3,(H,30,36)/t26-/m1/s1. The first-order chi connectivity index (χ1) is 18.4. The zero-order valence-electron chi connectivity index (χ0n) is 22.2. The highest BCUT2D eigenvalue weighted by molar-refractivity contribution is 5.83. The van der Waals surface area contributed by atoms with Gasteiger partial charge < -0.3 is 9.72 Å². The summed E-state index contributed by atoms with van der Waals surface area (Å²) in [5, 5.41) is 13.8. The van der Waals surface area contributed by atoms with Gasteiger partial charge >= 0.3 is 5.97 Å². The minimum atomic E-state index is -0.447. The number of benzene rings is 2. The molecule has 0 unspecified atom stereocenters. The normalized spacial score (nSPS) is 15.6. The van der Waals surface area contributed by atoms with Crippen molar-refractivity contribution in [3.63, 3.8) is 0 Å². The van der Waals surface area contributed by atoms with Gasteiger partial charge in [0.05, 0.1) is 12.5 Å². The van der Waals surface area contributed by atoms with Gasteiger partial charge in [-0.3, -0.25) is 14.5 Å². The number of carbonyl (C=O) groups is 1. The van der Waals surface area contributed by atoms with Crippen LogP contribution in [0.4, 0.5) is 0 Å². The zero-order valence-corrected chi connectivity index (χ0v) is 22.2. The first-order valence-electron chi connectivity index (χ1n) is 13.3. The predicted molar refractivity (Wildman–Crippen MR) is 145 cm³/mol. The largest absolute Gasteiger partial charge is 0.466 e. The Morgan fingerprint density at radius 2 is 1.89 bits per heavy atom. The Balaban J connectivity index is 1.52. The maximum Gasteiger partial charge on any atom is 0.309 e. The third-order valence-electron chi connectivity index (χ3n) is 7.41. The molecular weight excluding hydrogens is 480 g/mol. The van der Waals surface area contributed by atoms with Crippen molar-refractivity contribution in [2.45, 2.75) is 52.6 Å². The van der Waals surface area contributed by atoms with Crippen molar-refractivity contribution >= 4 is 16.9 Å². The second-order valence-corrected chi connectivity index (χ2v) is 10.1. The van der Waals surface area contributed by atoms with Gasteiger partial charge in [0.2, 0.25) is 0 Å². The van der Waals surface area contributed by atoms with Crippen molar-refractivity contribution in [3.8, 4) is 0 Å². The predicted octanol–water partition coefficient (Wildman–Crippen LogP) is 3.74. The number of rotatable bonds is 8. The van der Waals surface area contributed by atoms with Crippen LogP contribution < -0.4 is 5.56 Å². The van der Waals surface area contributed by atoms with Crippen LogP contribution in [0, 0.1) is 19.8 Å². The second kappa shape index (κ2) is 11.3. The third-order valence-corrected chi connectivity index (χ3v) is 7.41. The van der Waals surface area contributed by atoms with Gasteiger partial charge in [0, 0.05) is 36.1 Å². The van der Waals surface area contributed by atoms with E-state index in [1.54, 1.807) is 4.68 Å². The molecule has 9 nitrogen and oxygen atoms in total. The highest BCUT2D eigenvalue weighted by Crippen LogP contribution is 2.32. The smallest absolute Gasteiger partial charge is 0.309 e. The summed E-state index contributed by atoms with van der Waals surface area (Å²) in [5.74, 6) is 0.345. The molecule has 38 heavy (non-hydrogen) atoms. The second-order valence-electron chi connectivity index (χ2n) is 10.1. The van der Waals surface area contributed by atoms with Gasteiger partial charge in [0.25, 0.3) is 5.56 Å². The summed E-state index contributed by atoms with van der Waals surface area (Å²) in [7, 11) is 0. The van der Waals surface area contributed by atoms with Crippen molar-refractivity contribution in [1.29, 1.82) is 0 Å². The topological polar surface area (TPSA) is 106 Å². The average molecular weight is 515 g/mol. The van der Waals surface area contributed by atoms with Gasteiger partial charge in [0.1, 0.15) is 6.04 Å². The molecule has 1 aliphatic rings. The molecule has 1 N–H and O–H groups in total. The van der Waals surface area contributed by atoms with Crippen LogP contribution in [-0.4, -0.2) is 55.8 Å². The van der Waals surface area contributed by atoms with Gasteiger partial charge in [-0.25, -0.2) is 4.68 Å². The third kappa shape index (κ3) is 5.38. The van der Waals surface area contributed by atoms with Gasteiger partial charge in [-0.05, 0) is 79.3 Å². The Hall–Kier alpha value is -3.85. The fourth-order valence-corrected chi connectivity index (χ4v) is 5.49. The number of nitrogens with one attached hydrogen (secondary N) is 1. The van der Waals surface area contributed by atoms with Crippen LogP contribution in [0.15, 0.2) is 53.3 Å². The first kappa shape index (κ1) is 25.8. The van der Waals surface area contributed by atoms with E-state index in [1.807, 2.05) is 44.2 Å². The molecule has 198 valence electrons. The first-order valence-corrected chi connectivity index (χ1v) is 13.3. The van der Waals surface area contributed by atoms with Crippen molar-refractivity contribution < 1.29 is 9.53 Å². The molecule has 9 heteroatoms. The number of esters is 1.